The predicted octanol–water partition coefficient (Wildman–Crippen LogP) is 3.70. The Hall–Kier alpha value is -0.960. The van der Waals surface area contributed by atoms with Crippen LogP contribution in [0.3, 0.4) is 0 Å². The van der Waals surface area contributed by atoms with Gasteiger partial charge in [0.1, 0.15) is 5.54 Å². The van der Waals surface area contributed by atoms with Gasteiger partial charge in [0.15, 0.2) is 0 Å². The summed E-state index contributed by atoms with van der Waals surface area (Å²) in [5.74, 6) is -2.66. The normalized spacial score (nSPS) is 27.9. The van der Waals surface area contributed by atoms with Crippen molar-refractivity contribution in [1.29, 1.82) is 0 Å². The standard InChI is InChI=1S/C14H19F2N/c1-2-17-13(12-8-4-3-5-9-12)10-6-7-11-14(13,15)16/h3-5,8-9,17H,2,6-7,10-11H2,1H3/t13-/m0/s1. The summed E-state index contributed by atoms with van der Waals surface area (Å²) in [4.78, 5) is 0. The van der Waals surface area contributed by atoms with Crippen molar-refractivity contribution in [3.05, 3.63) is 35.9 Å². The molecule has 0 bridgehead atoms. The highest BCUT2D eigenvalue weighted by molar-refractivity contribution is 5.28. The third kappa shape index (κ3) is 2.08. The van der Waals surface area contributed by atoms with Gasteiger partial charge in [-0.1, -0.05) is 43.7 Å². The van der Waals surface area contributed by atoms with Gasteiger partial charge in [-0.05, 0) is 24.9 Å². The minimum Gasteiger partial charge on any atom is -0.303 e. The highest BCUT2D eigenvalue weighted by Gasteiger charge is 2.55. The molecule has 3 heteroatoms. The van der Waals surface area contributed by atoms with Gasteiger partial charge in [-0.25, -0.2) is 8.78 Å². The first kappa shape index (κ1) is 12.5. The van der Waals surface area contributed by atoms with Crippen LogP contribution in [0.4, 0.5) is 8.78 Å². The van der Waals surface area contributed by atoms with E-state index in [-0.39, 0.29) is 6.42 Å². The lowest BCUT2D eigenvalue weighted by atomic mass is 9.73. The maximum Gasteiger partial charge on any atom is 0.270 e. The van der Waals surface area contributed by atoms with Crippen molar-refractivity contribution in [2.75, 3.05) is 6.54 Å². The maximum atomic E-state index is 14.3. The zero-order valence-corrected chi connectivity index (χ0v) is 10.2. The average Bonchev–Trinajstić information content (AvgIpc) is 2.33. The lowest BCUT2D eigenvalue weighted by Crippen LogP contribution is -2.57. The van der Waals surface area contributed by atoms with E-state index in [1.165, 1.54) is 0 Å². The zero-order valence-electron chi connectivity index (χ0n) is 10.2. The Kier molecular flexibility index (Phi) is 3.48. The Morgan fingerprint density at radius 3 is 2.35 bits per heavy atom. The third-order valence-corrected chi connectivity index (χ3v) is 3.66. The van der Waals surface area contributed by atoms with E-state index in [0.717, 1.165) is 6.42 Å². The smallest absolute Gasteiger partial charge is 0.270 e. The summed E-state index contributed by atoms with van der Waals surface area (Å²) >= 11 is 0. The largest absolute Gasteiger partial charge is 0.303 e. The molecule has 1 N–H and O–H groups in total. The molecule has 1 aliphatic carbocycles. The first-order chi connectivity index (χ1) is 8.12. The molecule has 1 nitrogen and oxygen atoms in total. The quantitative estimate of drug-likeness (QED) is 0.848. The van der Waals surface area contributed by atoms with Gasteiger partial charge >= 0.3 is 0 Å². The second kappa shape index (κ2) is 4.73. The first-order valence-electron chi connectivity index (χ1n) is 6.31. The molecule has 94 valence electrons. The molecule has 0 saturated heterocycles. The number of nitrogens with one attached hydrogen (secondary N) is 1. The molecule has 0 radical (unpaired) electrons. The maximum absolute atomic E-state index is 14.3. The molecule has 17 heavy (non-hydrogen) atoms. The molecule has 1 aliphatic rings. The molecule has 2 rings (SSSR count). The van der Waals surface area contributed by atoms with E-state index in [1.54, 1.807) is 0 Å². The van der Waals surface area contributed by atoms with Gasteiger partial charge in [0.2, 0.25) is 0 Å². The van der Waals surface area contributed by atoms with Crippen LogP contribution in [0, 0.1) is 0 Å². The van der Waals surface area contributed by atoms with E-state index in [1.807, 2.05) is 37.3 Å². The fourth-order valence-electron chi connectivity index (χ4n) is 2.83. The van der Waals surface area contributed by atoms with Crippen LogP contribution in [-0.4, -0.2) is 12.5 Å². The van der Waals surface area contributed by atoms with Crippen molar-refractivity contribution >= 4 is 0 Å². The van der Waals surface area contributed by atoms with Gasteiger partial charge in [-0.2, -0.15) is 0 Å². The van der Waals surface area contributed by atoms with Crippen LogP contribution in [0.1, 0.15) is 38.2 Å². The summed E-state index contributed by atoms with van der Waals surface area (Å²) < 4.78 is 28.7. The summed E-state index contributed by atoms with van der Waals surface area (Å²) in [6.45, 7) is 2.44. The third-order valence-electron chi connectivity index (χ3n) is 3.66. The van der Waals surface area contributed by atoms with E-state index in [2.05, 4.69) is 5.32 Å². The van der Waals surface area contributed by atoms with E-state index in [4.69, 9.17) is 0 Å². The fraction of sp³-hybridized carbons (Fsp3) is 0.571. The molecule has 1 aromatic rings. The second-order valence-electron chi connectivity index (χ2n) is 4.71. The average molecular weight is 239 g/mol. The van der Waals surface area contributed by atoms with E-state index >= 15 is 0 Å². The van der Waals surface area contributed by atoms with Gasteiger partial charge in [-0.3, -0.25) is 0 Å². The second-order valence-corrected chi connectivity index (χ2v) is 4.71. The fourth-order valence-corrected chi connectivity index (χ4v) is 2.83. The Morgan fingerprint density at radius 2 is 1.76 bits per heavy atom. The number of hydrogen-bond donors (Lipinski definition) is 1. The Balaban J connectivity index is 2.44. The highest BCUT2D eigenvalue weighted by atomic mass is 19.3. The summed E-state index contributed by atoms with van der Waals surface area (Å²) in [6, 6.07) is 9.14. The summed E-state index contributed by atoms with van der Waals surface area (Å²) in [5.41, 5.74) is -0.451. The molecule has 1 atom stereocenters. The lowest BCUT2D eigenvalue weighted by Gasteiger charge is -2.45. The molecule has 1 fully saturated rings. The zero-order chi connectivity index (χ0) is 12.4. The van der Waals surface area contributed by atoms with E-state index in [0.29, 0.717) is 24.9 Å². The van der Waals surface area contributed by atoms with Crippen molar-refractivity contribution in [3.63, 3.8) is 0 Å². The van der Waals surface area contributed by atoms with Gasteiger partial charge in [0, 0.05) is 6.42 Å². The molecule has 0 aromatic heterocycles. The molecule has 0 amide bonds. The van der Waals surface area contributed by atoms with Crippen molar-refractivity contribution in [2.45, 2.75) is 44.1 Å². The van der Waals surface area contributed by atoms with Crippen LogP contribution >= 0.6 is 0 Å². The summed E-state index contributed by atoms with van der Waals surface area (Å²) in [7, 11) is 0. The van der Waals surface area contributed by atoms with Crippen LogP contribution in [-0.2, 0) is 5.54 Å². The minimum atomic E-state index is -2.66. The van der Waals surface area contributed by atoms with E-state index in [9.17, 15) is 8.78 Å². The Bertz CT molecular complexity index is 360. The first-order valence-corrected chi connectivity index (χ1v) is 6.31. The molecule has 0 heterocycles. The Morgan fingerprint density at radius 1 is 1.12 bits per heavy atom. The molecule has 1 saturated carbocycles. The lowest BCUT2D eigenvalue weighted by molar-refractivity contribution is -0.121. The SMILES string of the molecule is CCN[C@]1(c2ccccc2)CCCCC1(F)F. The number of alkyl halides is 2. The molecule has 0 aliphatic heterocycles. The number of hydrogen-bond acceptors (Lipinski definition) is 1. The Labute approximate surface area is 101 Å². The number of halogens is 2. The van der Waals surface area contributed by atoms with Crippen molar-refractivity contribution < 1.29 is 8.78 Å². The van der Waals surface area contributed by atoms with Crippen LogP contribution in [0.5, 0.6) is 0 Å². The van der Waals surface area contributed by atoms with Crippen LogP contribution in [0.2, 0.25) is 0 Å². The summed E-state index contributed by atoms with van der Waals surface area (Å²) in [5, 5.41) is 3.05. The number of rotatable bonds is 3. The van der Waals surface area contributed by atoms with Crippen LogP contribution in [0.15, 0.2) is 30.3 Å². The molecule has 0 unspecified atom stereocenters. The summed E-state index contributed by atoms with van der Waals surface area (Å²) in [6.07, 6.45) is 1.97. The van der Waals surface area contributed by atoms with Gasteiger partial charge in [-0.15, -0.1) is 0 Å². The number of benzene rings is 1. The molecular weight excluding hydrogens is 220 g/mol. The van der Waals surface area contributed by atoms with Crippen LogP contribution in [0.25, 0.3) is 0 Å². The van der Waals surface area contributed by atoms with E-state index < -0.39 is 11.5 Å². The van der Waals surface area contributed by atoms with Gasteiger partial charge in [0.05, 0.1) is 0 Å². The van der Waals surface area contributed by atoms with Gasteiger partial charge < -0.3 is 5.32 Å². The predicted molar refractivity (Wildman–Crippen MR) is 65.2 cm³/mol. The topological polar surface area (TPSA) is 12.0 Å². The molecular formula is C14H19F2N. The van der Waals surface area contributed by atoms with Gasteiger partial charge in [0.25, 0.3) is 5.92 Å². The van der Waals surface area contributed by atoms with Crippen molar-refractivity contribution in [1.82, 2.24) is 5.32 Å². The van der Waals surface area contributed by atoms with Crippen molar-refractivity contribution in [3.8, 4) is 0 Å². The molecule has 0 spiro atoms. The monoisotopic (exact) mass is 239 g/mol. The van der Waals surface area contributed by atoms with Crippen LogP contribution < -0.4 is 5.32 Å². The highest BCUT2D eigenvalue weighted by Crippen LogP contribution is 2.47. The minimum absolute atomic E-state index is 0.0190. The van der Waals surface area contributed by atoms with Crippen molar-refractivity contribution in [2.24, 2.45) is 0 Å². The molecule has 1 aromatic carbocycles.